The summed E-state index contributed by atoms with van der Waals surface area (Å²) < 4.78 is 5.88. The second-order valence-corrected chi connectivity index (χ2v) is 8.55. The van der Waals surface area contributed by atoms with E-state index in [1.807, 2.05) is 18.5 Å². The molecule has 3 fully saturated rings. The Labute approximate surface area is 163 Å². The Morgan fingerprint density at radius 1 is 1.22 bits per heavy atom. The van der Waals surface area contributed by atoms with Crippen LogP contribution < -0.4 is 0 Å². The van der Waals surface area contributed by atoms with E-state index in [0.717, 1.165) is 64.6 Å². The van der Waals surface area contributed by atoms with Crippen LogP contribution in [0.25, 0.3) is 0 Å². The molecule has 1 aromatic rings. The fourth-order valence-electron chi connectivity index (χ4n) is 5.10. The van der Waals surface area contributed by atoms with Crippen LogP contribution in [0.5, 0.6) is 0 Å². The van der Waals surface area contributed by atoms with Crippen molar-refractivity contribution in [3.8, 4) is 0 Å². The predicted molar refractivity (Wildman–Crippen MR) is 105 cm³/mol. The molecule has 0 radical (unpaired) electrons. The Balaban J connectivity index is 1.37. The van der Waals surface area contributed by atoms with E-state index in [-0.39, 0.29) is 0 Å². The maximum Gasteiger partial charge on any atom is 0.222 e. The number of aromatic nitrogens is 1. The number of fused-ring (bicyclic) bond motifs is 1. The molecule has 3 heterocycles. The Hall–Kier alpha value is -1.46. The molecule has 2 aliphatic heterocycles. The van der Waals surface area contributed by atoms with Gasteiger partial charge in [0.2, 0.25) is 5.91 Å². The summed E-state index contributed by atoms with van der Waals surface area (Å²) in [4.78, 5) is 21.8. The third-order valence-electron chi connectivity index (χ3n) is 6.75. The summed E-state index contributed by atoms with van der Waals surface area (Å²) in [7, 11) is 0. The molecule has 5 heteroatoms. The maximum atomic E-state index is 12.8. The lowest BCUT2D eigenvalue weighted by Crippen LogP contribution is -2.54. The van der Waals surface area contributed by atoms with Crippen molar-refractivity contribution in [2.75, 3.05) is 32.8 Å². The molecule has 148 valence electrons. The van der Waals surface area contributed by atoms with E-state index in [1.165, 1.54) is 31.2 Å². The minimum absolute atomic E-state index is 0.367. The fourth-order valence-corrected chi connectivity index (χ4v) is 5.10. The van der Waals surface area contributed by atoms with Crippen molar-refractivity contribution in [2.24, 2.45) is 11.8 Å². The molecule has 1 amide bonds. The SMILES string of the molecule is O=C(CCC1CCCC1)N1CC[C@@H]2COCCN(Cc3cccnc3)[C@@H]2C1. The molecule has 1 aliphatic carbocycles. The van der Waals surface area contributed by atoms with Crippen LogP contribution in [0.3, 0.4) is 0 Å². The van der Waals surface area contributed by atoms with Gasteiger partial charge in [0.15, 0.2) is 0 Å². The van der Waals surface area contributed by atoms with Crippen molar-refractivity contribution in [1.82, 2.24) is 14.8 Å². The van der Waals surface area contributed by atoms with E-state index < -0.39 is 0 Å². The highest BCUT2D eigenvalue weighted by Crippen LogP contribution is 2.30. The zero-order chi connectivity index (χ0) is 18.5. The summed E-state index contributed by atoms with van der Waals surface area (Å²) in [6, 6.07) is 4.54. The summed E-state index contributed by atoms with van der Waals surface area (Å²) in [5.74, 6) is 1.69. The number of pyridine rings is 1. The first-order valence-corrected chi connectivity index (χ1v) is 10.8. The number of hydrogen-bond acceptors (Lipinski definition) is 4. The van der Waals surface area contributed by atoms with E-state index in [2.05, 4.69) is 20.9 Å². The van der Waals surface area contributed by atoms with Crippen LogP contribution in [0.2, 0.25) is 0 Å². The lowest BCUT2D eigenvalue weighted by molar-refractivity contribution is -0.134. The van der Waals surface area contributed by atoms with Crippen LogP contribution >= 0.6 is 0 Å². The molecule has 4 rings (SSSR count). The van der Waals surface area contributed by atoms with E-state index in [1.54, 1.807) is 0 Å². The highest BCUT2D eigenvalue weighted by atomic mass is 16.5. The Bertz CT molecular complexity index is 603. The van der Waals surface area contributed by atoms with Crippen LogP contribution in [0.1, 0.15) is 50.5 Å². The van der Waals surface area contributed by atoms with Gasteiger partial charge in [0.1, 0.15) is 0 Å². The zero-order valence-electron chi connectivity index (χ0n) is 16.4. The quantitative estimate of drug-likeness (QED) is 0.798. The van der Waals surface area contributed by atoms with Crippen molar-refractivity contribution >= 4 is 5.91 Å². The first kappa shape index (κ1) is 18.9. The first-order chi connectivity index (χ1) is 13.3. The van der Waals surface area contributed by atoms with Gasteiger partial charge in [0.25, 0.3) is 0 Å². The monoisotopic (exact) mass is 371 g/mol. The molecular formula is C22H33N3O2. The van der Waals surface area contributed by atoms with Gasteiger partial charge < -0.3 is 9.64 Å². The smallest absolute Gasteiger partial charge is 0.222 e. The first-order valence-electron chi connectivity index (χ1n) is 10.8. The Kier molecular flexibility index (Phi) is 6.40. The van der Waals surface area contributed by atoms with E-state index >= 15 is 0 Å². The van der Waals surface area contributed by atoms with Crippen LogP contribution in [0.15, 0.2) is 24.5 Å². The largest absolute Gasteiger partial charge is 0.380 e. The lowest BCUT2D eigenvalue weighted by Gasteiger charge is -2.42. The molecule has 1 aromatic heterocycles. The molecule has 0 aromatic carbocycles. The minimum Gasteiger partial charge on any atom is -0.380 e. The molecule has 5 nitrogen and oxygen atoms in total. The average Bonchev–Trinajstić information content (AvgIpc) is 3.15. The van der Waals surface area contributed by atoms with Crippen LogP contribution in [0, 0.1) is 11.8 Å². The number of carbonyl (C=O) groups is 1. The minimum atomic E-state index is 0.367. The van der Waals surface area contributed by atoms with Crippen LogP contribution in [-0.2, 0) is 16.1 Å². The van der Waals surface area contributed by atoms with Gasteiger partial charge in [-0.15, -0.1) is 0 Å². The van der Waals surface area contributed by atoms with Crippen LogP contribution in [0.4, 0.5) is 0 Å². The molecule has 0 spiro atoms. The Morgan fingerprint density at radius 3 is 2.93 bits per heavy atom. The van der Waals surface area contributed by atoms with Gasteiger partial charge in [-0.25, -0.2) is 0 Å². The van der Waals surface area contributed by atoms with Gasteiger partial charge in [-0.2, -0.15) is 0 Å². The van der Waals surface area contributed by atoms with Gasteiger partial charge in [-0.3, -0.25) is 14.7 Å². The van der Waals surface area contributed by atoms with Crippen molar-refractivity contribution in [3.05, 3.63) is 30.1 Å². The number of hydrogen-bond donors (Lipinski definition) is 0. The average molecular weight is 372 g/mol. The lowest BCUT2D eigenvalue weighted by atomic mass is 9.90. The second kappa shape index (κ2) is 9.16. The number of piperidine rings is 1. The molecular weight excluding hydrogens is 338 g/mol. The Morgan fingerprint density at radius 2 is 2.11 bits per heavy atom. The number of carbonyl (C=O) groups excluding carboxylic acids is 1. The van der Waals surface area contributed by atoms with Gasteiger partial charge in [-0.1, -0.05) is 31.7 Å². The predicted octanol–water partition coefficient (Wildman–Crippen LogP) is 3.10. The van der Waals surface area contributed by atoms with Gasteiger partial charge in [0, 0.05) is 57.0 Å². The highest BCUT2D eigenvalue weighted by Gasteiger charge is 2.36. The fraction of sp³-hybridized carbons (Fsp3) is 0.727. The molecule has 3 aliphatic rings. The van der Waals surface area contributed by atoms with Crippen molar-refractivity contribution in [3.63, 3.8) is 0 Å². The third-order valence-corrected chi connectivity index (χ3v) is 6.75. The number of rotatable bonds is 5. The second-order valence-electron chi connectivity index (χ2n) is 8.55. The number of nitrogens with zero attached hydrogens (tertiary/aromatic N) is 3. The number of ether oxygens (including phenoxy) is 1. The zero-order valence-corrected chi connectivity index (χ0v) is 16.4. The van der Waals surface area contributed by atoms with Gasteiger partial charge >= 0.3 is 0 Å². The standard InChI is InChI=1S/C22H33N3O2/c26-22(8-7-18-4-1-2-5-18)25-11-9-20-17-27-13-12-24(21(20)16-25)15-19-6-3-10-23-14-19/h3,6,10,14,18,20-21H,1-2,4-5,7-9,11-13,15-17H2/t20-,21-/m1/s1. The number of likely N-dealkylation sites (tertiary alicyclic amines) is 1. The summed E-state index contributed by atoms with van der Waals surface area (Å²) in [5, 5.41) is 0. The molecule has 0 unspecified atom stereocenters. The topological polar surface area (TPSA) is 45.7 Å². The van der Waals surface area contributed by atoms with Crippen molar-refractivity contribution in [2.45, 2.75) is 57.5 Å². The summed E-state index contributed by atoms with van der Waals surface area (Å²) >= 11 is 0. The molecule has 0 bridgehead atoms. The van der Waals surface area contributed by atoms with Crippen molar-refractivity contribution in [1.29, 1.82) is 0 Å². The number of amides is 1. The van der Waals surface area contributed by atoms with E-state index in [9.17, 15) is 4.79 Å². The summed E-state index contributed by atoms with van der Waals surface area (Å²) in [6.07, 6.45) is 12.0. The summed E-state index contributed by atoms with van der Waals surface area (Å²) in [5.41, 5.74) is 1.24. The highest BCUT2D eigenvalue weighted by molar-refractivity contribution is 5.76. The van der Waals surface area contributed by atoms with E-state index in [0.29, 0.717) is 17.9 Å². The molecule has 0 N–H and O–H groups in total. The van der Waals surface area contributed by atoms with Gasteiger partial charge in [0.05, 0.1) is 13.2 Å². The van der Waals surface area contributed by atoms with E-state index in [4.69, 9.17) is 4.74 Å². The normalized spacial score (nSPS) is 27.3. The third kappa shape index (κ3) is 4.88. The molecule has 1 saturated carbocycles. The van der Waals surface area contributed by atoms with Crippen LogP contribution in [-0.4, -0.2) is 59.6 Å². The molecule has 2 atom stereocenters. The maximum absolute atomic E-state index is 12.8. The molecule has 2 saturated heterocycles. The van der Waals surface area contributed by atoms with Gasteiger partial charge in [-0.05, 0) is 30.4 Å². The molecule has 27 heavy (non-hydrogen) atoms. The summed E-state index contributed by atoms with van der Waals surface area (Å²) in [6.45, 7) is 5.19. The van der Waals surface area contributed by atoms with Crippen molar-refractivity contribution < 1.29 is 9.53 Å².